The smallest absolute Gasteiger partial charge is 0.223 e. The fourth-order valence-corrected chi connectivity index (χ4v) is 2.28. The van der Waals surface area contributed by atoms with Crippen molar-refractivity contribution in [2.45, 2.75) is 24.0 Å². The molecule has 2 aromatic heterocycles. The molecule has 0 aromatic carbocycles. The summed E-state index contributed by atoms with van der Waals surface area (Å²) >= 11 is 1.31. The van der Waals surface area contributed by atoms with Crippen molar-refractivity contribution in [3.05, 3.63) is 23.5 Å². The Morgan fingerprint density at radius 2 is 1.72 bits per heavy atom. The zero-order chi connectivity index (χ0) is 13.1. The highest BCUT2D eigenvalue weighted by Crippen LogP contribution is 2.25. The number of nitrogens with one attached hydrogen (secondary N) is 1. The standard InChI is InChI=1S/C10H13N7S/c1-5-3-6(2)14-10(13-5)18-8-4-7(17-12)15-9(11)16-8/h3-4H,12H2,1-2H3,(H3,11,15,16,17). The maximum atomic E-state index is 5.58. The molecule has 8 heteroatoms. The molecule has 94 valence electrons. The van der Waals surface area contributed by atoms with Crippen LogP contribution in [0.1, 0.15) is 11.4 Å². The number of hydrazine groups is 1. The maximum absolute atomic E-state index is 5.58. The van der Waals surface area contributed by atoms with Crippen LogP contribution in [0.3, 0.4) is 0 Å². The van der Waals surface area contributed by atoms with Crippen molar-refractivity contribution in [1.29, 1.82) is 0 Å². The van der Waals surface area contributed by atoms with Gasteiger partial charge in [0.2, 0.25) is 5.95 Å². The summed E-state index contributed by atoms with van der Waals surface area (Å²) in [7, 11) is 0. The molecule has 2 heterocycles. The lowest BCUT2D eigenvalue weighted by atomic mass is 10.4. The number of aromatic nitrogens is 4. The Morgan fingerprint density at radius 3 is 2.33 bits per heavy atom. The van der Waals surface area contributed by atoms with Crippen LogP contribution in [0.25, 0.3) is 0 Å². The molecule has 0 atom stereocenters. The van der Waals surface area contributed by atoms with Crippen LogP contribution < -0.4 is 17.0 Å². The van der Waals surface area contributed by atoms with Crippen LogP contribution in [0, 0.1) is 13.8 Å². The van der Waals surface area contributed by atoms with Gasteiger partial charge in [-0.1, -0.05) is 0 Å². The normalized spacial score (nSPS) is 10.4. The molecule has 0 fully saturated rings. The highest BCUT2D eigenvalue weighted by molar-refractivity contribution is 7.99. The van der Waals surface area contributed by atoms with E-state index in [1.807, 2.05) is 19.9 Å². The van der Waals surface area contributed by atoms with E-state index in [4.69, 9.17) is 11.6 Å². The summed E-state index contributed by atoms with van der Waals surface area (Å²) < 4.78 is 0. The zero-order valence-electron chi connectivity index (χ0n) is 10.0. The first kappa shape index (κ1) is 12.5. The van der Waals surface area contributed by atoms with E-state index in [1.165, 1.54) is 11.8 Å². The van der Waals surface area contributed by atoms with Crippen LogP contribution in [0.15, 0.2) is 22.3 Å². The van der Waals surface area contributed by atoms with Crippen molar-refractivity contribution < 1.29 is 0 Å². The van der Waals surface area contributed by atoms with E-state index in [-0.39, 0.29) is 5.95 Å². The third-order valence-electron chi connectivity index (χ3n) is 2.03. The van der Waals surface area contributed by atoms with E-state index >= 15 is 0 Å². The van der Waals surface area contributed by atoms with E-state index in [0.717, 1.165) is 11.4 Å². The van der Waals surface area contributed by atoms with E-state index in [1.54, 1.807) is 6.07 Å². The summed E-state index contributed by atoms with van der Waals surface area (Å²) in [5.41, 5.74) is 9.82. The molecule has 0 saturated carbocycles. The van der Waals surface area contributed by atoms with Gasteiger partial charge in [0.05, 0.1) is 0 Å². The predicted molar refractivity (Wildman–Crippen MR) is 69.9 cm³/mol. The Hall–Kier alpha value is -1.93. The van der Waals surface area contributed by atoms with Gasteiger partial charge in [0, 0.05) is 17.5 Å². The van der Waals surface area contributed by atoms with Gasteiger partial charge < -0.3 is 11.2 Å². The van der Waals surface area contributed by atoms with E-state index in [9.17, 15) is 0 Å². The molecule has 7 nitrogen and oxygen atoms in total. The second-order valence-corrected chi connectivity index (χ2v) is 4.62. The van der Waals surface area contributed by atoms with Crippen LogP contribution in [0.2, 0.25) is 0 Å². The van der Waals surface area contributed by atoms with Gasteiger partial charge in [-0.2, -0.15) is 4.98 Å². The molecule has 0 aliphatic rings. The number of nitrogens with two attached hydrogens (primary N) is 2. The van der Waals surface area contributed by atoms with Crippen molar-refractivity contribution in [2.24, 2.45) is 5.84 Å². The monoisotopic (exact) mass is 263 g/mol. The fourth-order valence-electron chi connectivity index (χ4n) is 1.40. The Labute approximate surface area is 108 Å². The van der Waals surface area contributed by atoms with Crippen molar-refractivity contribution in [3.8, 4) is 0 Å². The van der Waals surface area contributed by atoms with Crippen molar-refractivity contribution >= 4 is 23.5 Å². The van der Waals surface area contributed by atoms with Crippen LogP contribution in [-0.2, 0) is 0 Å². The summed E-state index contributed by atoms with van der Waals surface area (Å²) in [5, 5.41) is 1.26. The molecule has 0 spiro atoms. The SMILES string of the molecule is Cc1cc(C)nc(Sc2cc(NN)nc(N)n2)n1. The van der Waals surface area contributed by atoms with Crippen molar-refractivity contribution in [1.82, 2.24) is 19.9 Å². The lowest BCUT2D eigenvalue weighted by Gasteiger charge is -2.05. The quantitative estimate of drug-likeness (QED) is 0.324. The van der Waals surface area contributed by atoms with Gasteiger partial charge in [0.15, 0.2) is 5.16 Å². The second kappa shape index (κ2) is 5.15. The Morgan fingerprint density at radius 1 is 1.06 bits per heavy atom. The average molecular weight is 263 g/mol. The summed E-state index contributed by atoms with van der Waals surface area (Å²) in [5.74, 6) is 5.90. The van der Waals surface area contributed by atoms with Gasteiger partial charge in [0.25, 0.3) is 0 Å². The number of nitrogens with zero attached hydrogens (tertiary/aromatic N) is 4. The molecule has 18 heavy (non-hydrogen) atoms. The maximum Gasteiger partial charge on any atom is 0.223 e. The van der Waals surface area contributed by atoms with Crippen molar-refractivity contribution in [3.63, 3.8) is 0 Å². The lowest BCUT2D eigenvalue weighted by Crippen LogP contribution is -2.10. The number of hydrogen-bond acceptors (Lipinski definition) is 8. The molecule has 0 unspecified atom stereocenters. The molecule has 0 radical (unpaired) electrons. The highest BCUT2D eigenvalue weighted by Gasteiger charge is 2.07. The predicted octanol–water partition coefficient (Wildman–Crippen LogP) is 0.902. The molecule has 2 aromatic rings. The Balaban J connectivity index is 2.30. The first-order valence-corrected chi connectivity index (χ1v) is 6.00. The first-order valence-electron chi connectivity index (χ1n) is 5.18. The van der Waals surface area contributed by atoms with Gasteiger partial charge in [-0.05, 0) is 31.7 Å². The fraction of sp³-hybridized carbons (Fsp3) is 0.200. The minimum Gasteiger partial charge on any atom is -0.368 e. The van der Waals surface area contributed by atoms with Crippen LogP contribution >= 0.6 is 11.8 Å². The van der Waals surface area contributed by atoms with Gasteiger partial charge in [-0.3, -0.25) is 0 Å². The van der Waals surface area contributed by atoms with Gasteiger partial charge in [-0.25, -0.2) is 20.8 Å². The molecule has 0 bridgehead atoms. The molecule has 5 N–H and O–H groups in total. The molecule has 0 aliphatic carbocycles. The number of anilines is 2. The molecule has 0 aliphatic heterocycles. The number of hydrogen-bond donors (Lipinski definition) is 3. The Kier molecular flexibility index (Phi) is 3.58. The average Bonchev–Trinajstić information content (AvgIpc) is 2.26. The number of nitrogen functional groups attached to an aromatic ring is 2. The van der Waals surface area contributed by atoms with E-state index in [0.29, 0.717) is 16.0 Å². The lowest BCUT2D eigenvalue weighted by molar-refractivity contribution is 0.898. The minimum atomic E-state index is 0.150. The third-order valence-corrected chi connectivity index (χ3v) is 2.81. The van der Waals surface area contributed by atoms with Crippen LogP contribution in [0.5, 0.6) is 0 Å². The molecular weight excluding hydrogens is 250 g/mol. The molecular formula is C10H13N7S. The largest absolute Gasteiger partial charge is 0.368 e. The zero-order valence-corrected chi connectivity index (χ0v) is 10.8. The van der Waals surface area contributed by atoms with Gasteiger partial charge in [0.1, 0.15) is 10.8 Å². The van der Waals surface area contributed by atoms with Crippen molar-refractivity contribution in [2.75, 3.05) is 11.2 Å². The van der Waals surface area contributed by atoms with Gasteiger partial charge >= 0.3 is 0 Å². The third kappa shape index (κ3) is 3.05. The Bertz CT molecular complexity index is 552. The van der Waals surface area contributed by atoms with E-state index in [2.05, 4.69) is 25.4 Å². The first-order chi connectivity index (χ1) is 8.56. The molecule has 2 rings (SSSR count). The summed E-state index contributed by atoms with van der Waals surface area (Å²) in [6.07, 6.45) is 0. The molecule has 0 saturated heterocycles. The van der Waals surface area contributed by atoms with E-state index < -0.39 is 0 Å². The summed E-state index contributed by atoms with van der Waals surface area (Å²) in [6, 6.07) is 3.59. The topological polar surface area (TPSA) is 116 Å². The second-order valence-electron chi connectivity index (χ2n) is 3.63. The summed E-state index contributed by atoms with van der Waals surface area (Å²) in [4.78, 5) is 16.6. The van der Waals surface area contributed by atoms with Gasteiger partial charge in [-0.15, -0.1) is 0 Å². The molecule has 0 amide bonds. The minimum absolute atomic E-state index is 0.150. The number of aryl methyl sites for hydroxylation is 2. The highest BCUT2D eigenvalue weighted by atomic mass is 32.2. The summed E-state index contributed by atoms with van der Waals surface area (Å²) in [6.45, 7) is 3.83. The van der Waals surface area contributed by atoms with Crippen LogP contribution in [0.4, 0.5) is 11.8 Å². The van der Waals surface area contributed by atoms with Crippen LogP contribution in [-0.4, -0.2) is 19.9 Å². The number of rotatable bonds is 3.